The fraction of sp³-hybridized carbons (Fsp3) is 0.308. The minimum absolute atomic E-state index is 0.0107. The summed E-state index contributed by atoms with van der Waals surface area (Å²) in [6, 6.07) is 4.25. The van der Waals surface area contributed by atoms with Crippen molar-refractivity contribution in [2.75, 3.05) is 13.2 Å². The van der Waals surface area contributed by atoms with Gasteiger partial charge in [0.1, 0.15) is 5.82 Å². The number of carbonyl (C=O) groups excluding carboxylic acids is 1. The van der Waals surface area contributed by atoms with Crippen LogP contribution in [0.25, 0.3) is 10.9 Å². The topological polar surface area (TPSA) is 65.1 Å². The molecule has 1 unspecified atom stereocenters. The number of hydrogen-bond donors (Lipinski definition) is 3. The predicted octanol–water partition coefficient (Wildman–Crippen LogP) is 1.67. The third kappa shape index (κ3) is 2.51. The van der Waals surface area contributed by atoms with Gasteiger partial charge in [0.25, 0.3) is 5.91 Å². The van der Waals surface area contributed by atoms with Crippen LogP contribution in [0.1, 0.15) is 17.3 Å². The minimum atomic E-state index is -0.342. The number of halogens is 1. The highest BCUT2D eigenvalue weighted by Gasteiger charge is 2.12. The average molecular weight is 250 g/mol. The number of aliphatic hydroxyl groups is 1. The molecule has 2 rings (SSSR count). The largest absolute Gasteiger partial charge is 0.396 e. The summed E-state index contributed by atoms with van der Waals surface area (Å²) in [6.45, 7) is 2.27. The summed E-state index contributed by atoms with van der Waals surface area (Å²) < 4.78 is 13.0. The van der Waals surface area contributed by atoms with Crippen LogP contribution in [-0.4, -0.2) is 29.1 Å². The number of aromatic nitrogens is 1. The lowest BCUT2D eigenvalue weighted by molar-refractivity contribution is 0.0944. The standard InChI is InChI=1S/C13H15FN2O2/c1-8(7-17)5-16-13(18)11-6-15-12-4-9(14)2-3-10(11)12/h2-4,6,8,15,17H,5,7H2,1H3,(H,16,18). The second kappa shape index (κ2) is 5.18. The van der Waals surface area contributed by atoms with Crippen LogP contribution < -0.4 is 5.32 Å². The zero-order valence-corrected chi connectivity index (χ0v) is 10.0. The van der Waals surface area contributed by atoms with Crippen LogP contribution in [0.3, 0.4) is 0 Å². The molecule has 3 N–H and O–H groups in total. The van der Waals surface area contributed by atoms with Gasteiger partial charge in [0.2, 0.25) is 0 Å². The van der Waals surface area contributed by atoms with Gasteiger partial charge < -0.3 is 15.4 Å². The predicted molar refractivity (Wildman–Crippen MR) is 66.8 cm³/mol. The highest BCUT2D eigenvalue weighted by atomic mass is 19.1. The van der Waals surface area contributed by atoms with Crippen molar-refractivity contribution in [3.63, 3.8) is 0 Å². The van der Waals surface area contributed by atoms with Gasteiger partial charge in [0, 0.05) is 30.3 Å². The Morgan fingerprint density at radius 1 is 1.56 bits per heavy atom. The number of carbonyl (C=O) groups is 1. The summed E-state index contributed by atoms with van der Waals surface area (Å²) in [5.74, 6) is -0.560. The van der Waals surface area contributed by atoms with Gasteiger partial charge in [-0.2, -0.15) is 0 Å². The number of amides is 1. The molecule has 5 heteroatoms. The fourth-order valence-corrected chi connectivity index (χ4v) is 1.71. The molecule has 1 heterocycles. The summed E-state index contributed by atoms with van der Waals surface area (Å²) in [7, 11) is 0. The van der Waals surface area contributed by atoms with Gasteiger partial charge in [-0.3, -0.25) is 4.79 Å². The van der Waals surface area contributed by atoms with Crippen LogP contribution in [-0.2, 0) is 0 Å². The number of benzene rings is 1. The molecule has 0 saturated carbocycles. The zero-order chi connectivity index (χ0) is 13.1. The zero-order valence-electron chi connectivity index (χ0n) is 10.0. The SMILES string of the molecule is CC(CO)CNC(=O)c1c[nH]c2cc(F)ccc12. The Labute approximate surface area is 104 Å². The van der Waals surface area contributed by atoms with E-state index in [1.54, 1.807) is 12.3 Å². The molecule has 0 aliphatic heterocycles. The normalized spacial score (nSPS) is 12.6. The molecular weight excluding hydrogens is 235 g/mol. The van der Waals surface area contributed by atoms with Crippen LogP contribution in [0.5, 0.6) is 0 Å². The maximum atomic E-state index is 13.0. The van der Waals surface area contributed by atoms with E-state index in [1.807, 2.05) is 6.92 Å². The maximum Gasteiger partial charge on any atom is 0.253 e. The van der Waals surface area contributed by atoms with Crippen molar-refractivity contribution in [1.29, 1.82) is 0 Å². The van der Waals surface area contributed by atoms with Gasteiger partial charge in [-0.05, 0) is 24.1 Å². The Morgan fingerprint density at radius 3 is 3.06 bits per heavy atom. The summed E-state index contributed by atoms with van der Waals surface area (Å²) in [4.78, 5) is 14.8. The first-order chi connectivity index (χ1) is 8.61. The minimum Gasteiger partial charge on any atom is -0.396 e. The molecular formula is C13H15FN2O2. The lowest BCUT2D eigenvalue weighted by Crippen LogP contribution is -2.29. The lowest BCUT2D eigenvalue weighted by Gasteiger charge is -2.08. The van der Waals surface area contributed by atoms with Crippen LogP contribution in [0.4, 0.5) is 4.39 Å². The van der Waals surface area contributed by atoms with Crippen molar-refractivity contribution >= 4 is 16.8 Å². The van der Waals surface area contributed by atoms with E-state index in [9.17, 15) is 9.18 Å². The molecule has 0 spiro atoms. The number of fused-ring (bicyclic) bond motifs is 1. The van der Waals surface area contributed by atoms with Crippen molar-refractivity contribution in [1.82, 2.24) is 10.3 Å². The summed E-state index contributed by atoms with van der Waals surface area (Å²) in [6.07, 6.45) is 1.56. The van der Waals surface area contributed by atoms with E-state index in [1.165, 1.54) is 12.1 Å². The van der Waals surface area contributed by atoms with Gasteiger partial charge in [-0.1, -0.05) is 6.92 Å². The van der Waals surface area contributed by atoms with Crippen molar-refractivity contribution in [2.45, 2.75) is 6.92 Å². The number of H-pyrrole nitrogens is 1. The lowest BCUT2D eigenvalue weighted by atomic mass is 10.1. The third-order valence-corrected chi connectivity index (χ3v) is 2.81. The highest BCUT2D eigenvalue weighted by molar-refractivity contribution is 6.06. The first-order valence-corrected chi connectivity index (χ1v) is 5.77. The molecule has 1 aromatic heterocycles. The van der Waals surface area contributed by atoms with Gasteiger partial charge in [-0.25, -0.2) is 4.39 Å². The van der Waals surface area contributed by atoms with Crippen molar-refractivity contribution in [3.8, 4) is 0 Å². The van der Waals surface area contributed by atoms with Gasteiger partial charge >= 0.3 is 0 Å². The molecule has 1 atom stereocenters. The number of hydrogen-bond acceptors (Lipinski definition) is 2. The van der Waals surface area contributed by atoms with Crippen LogP contribution in [0.15, 0.2) is 24.4 Å². The molecule has 4 nitrogen and oxygen atoms in total. The van der Waals surface area contributed by atoms with Gasteiger partial charge in [0.05, 0.1) is 5.56 Å². The molecule has 0 fully saturated rings. The highest BCUT2D eigenvalue weighted by Crippen LogP contribution is 2.19. The number of nitrogens with one attached hydrogen (secondary N) is 2. The van der Waals surface area contributed by atoms with Crippen molar-refractivity contribution in [3.05, 3.63) is 35.8 Å². The molecule has 0 bridgehead atoms. The summed E-state index contributed by atoms with van der Waals surface area (Å²) in [5.41, 5.74) is 1.07. The first kappa shape index (κ1) is 12.6. The van der Waals surface area contributed by atoms with E-state index in [0.717, 1.165) is 0 Å². The van der Waals surface area contributed by atoms with E-state index in [2.05, 4.69) is 10.3 Å². The molecule has 1 aromatic carbocycles. The summed E-state index contributed by atoms with van der Waals surface area (Å²) >= 11 is 0. The van der Waals surface area contributed by atoms with Crippen LogP contribution >= 0.6 is 0 Å². The second-order valence-corrected chi connectivity index (χ2v) is 4.39. The Kier molecular flexibility index (Phi) is 3.62. The maximum absolute atomic E-state index is 13.0. The number of aliphatic hydroxyl groups excluding tert-OH is 1. The number of aromatic amines is 1. The van der Waals surface area contributed by atoms with E-state index in [0.29, 0.717) is 23.0 Å². The van der Waals surface area contributed by atoms with E-state index in [4.69, 9.17) is 5.11 Å². The molecule has 1 amide bonds. The molecule has 0 saturated heterocycles. The van der Waals surface area contributed by atoms with Gasteiger partial charge in [0.15, 0.2) is 0 Å². The quantitative estimate of drug-likeness (QED) is 0.772. The Hall–Kier alpha value is -1.88. The van der Waals surface area contributed by atoms with E-state index >= 15 is 0 Å². The molecule has 0 aliphatic carbocycles. The van der Waals surface area contributed by atoms with E-state index < -0.39 is 0 Å². The van der Waals surface area contributed by atoms with Crippen LogP contribution in [0, 0.1) is 11.7 Å². The van der Waals surface area contributed by atoms with Crippen LogP contribution in [0.2, 0.25) is 0 Å². The third-order valence-electron chi connectivity index (χ3n) is 2.81. The summed E-state index contributed by atoms with van der Waals surface area (Å²) in [5, 5.41) is 12.3. The number of rotatable bonds is 4. The smallest absolute Gasteiger partial charge is 0.253 e. The molecule has 0 radical (unpaired) electrons. The Bertz CT molecular complexity index is 565. The average Bonchev–Trinajstić information content (AvgIpc) is 2.78. The second-order valence-electron chi connectivity index (χ2n) is 4.39. The van der Waals surface area contributed by atoms with E-state index in [-0.39, 0.29) is 24.2 Å². The fourth-order valence-electron chi connectivity index (χ4n) is 1.71. The Morgan fingerprint density at radius 2 is 2.33 bits per heavy atom. The first-order valence-electron chi connectivity index (χ1n) is 5.77. The van der Waals surface area contributed by atoms with Gasteiger partial charge in [-0.15, -0.1) is 0 Å². The molecule has 2 aromatic rings. The molecule has 96 valence electrons. The van der Waals surface area contributed by atoms with Crippen molar-refractivity contribution < 1.29 is 14.3 Å². The monoisotopic (exact) mass is 250 g/mol. The molecule has 0 aliphatic rings. The van der Waals surface area contributed by atoms with Crippen molar-refractivity contribution in [2.24, 2.45) is 5.92 Å². The molecule has 18 heavy (non-hydrogen) atoms. The Balaban J connectivity index is 2.18.